The van der Waals surface area contributed by atoms with Crippen molar-refractivity contribution in [3.05, 3.63) is 58.0 Å². The number of benzene rings is 1. The van der Waals surface area contributed by atoms with Gasteiger partial charge in [-0.25, -0.2) is 4.68 Å². The fraction of sp³-hybridized carbons (Fsp3) is 0.450. The number of likely N-dealkylation sites (tertiary alicyclic amines) is 1. The summed E-state index contributed by atoms with van der Waals surface area (Å²) in [6.07, 6.45) is 6.41. The van der Waals surface area contributed by atoms with Crippen LogP contribution >= 0.6 is 11.6 Å². The molecule has 0 unspecified atom stereocenters. The third kappa shape index (κ3) is 3.40. The van der Waals surface area contributed by atoms with Gasteiger partial charge < -0.3 is 4.90 Å². The van der Waals surface area contributed by atoms with Crippen LogP contribution in [0.3, 0.4) is 0 Å². The molecule has 0 N–H and O–H groups in total. The summed E-state index contributed by atoms with van der Waals surface area (Å²) in [4.78, 5) is 15.6. The molecule has 136 valence electrons. The summed E-state index contributed by atoms with van der Waals surface area (Å²) in [6, 6.07) is 9.93. The molecule has 0 saturated carbocycles. The molecule has 0 bridgehead atoms. The van der Waals surface area contributed by atoms with Crippen LogP contribution in [0.25, 0.3) is 0 Å². The number of hydrogen-bond donors (Lipinski definition) is 0. The van der Waals surface area contributed by atoms with Gasteiger partial charge in [0.1, 0.15) is 0 Å². The van der Waals surface area contributed by atoms with Gasteiger partial charge in [-0.05, 0) is 44.1 Å². The average molecular weight is 371 g/mol. The lowest BCUT2D eigenvalue weighted by molar-refractivity contribution is 0.101. The van der Waals surface area contributed by atoms with Crippen molar-refractivity contribution in [2.24, 2.45) is 0 Å². The summed E-state index contributed by atoms with van der Waals surface area (Å²) in [5, 5.41) is 8.59. The van der Waals surface area contributed by atoms with Crippen LogP contribution in [0.2, 0.25) is 5.15 Å². The fourth-order valence-corrected chi connectivity index (χ4v) is 4.13. The van der Waals surface area contributed by atoms with Gasteiger partial charge in [0.2, 0.25) is 5.78 Å². The minimum absolute atomic E-state index is 0.0455. The lowest BCUT2D eigenvalue weighted by atomic mass is 9.91. The van der Waals surface area contributed by atoms with Crippen molar-refractivity contribution in [2.75, 3.05) is 13.1 Å². The quantitative estimate of drug-likeness (QED) is 0.744. The maximum absolute atomic E-state index is 13.2. The summed E-state index contributed by atoms with van der Waals surface area (Å²) in [6.45, 7) is 2.62. The summed E-state index contributed by atoms with van der Waals surface area (Å²) in [5.41, 5.74) is 3.48. The van der Waals surface area contributed by atoms with Crippen LogP contribution in [0.5, 0.6) is 0 Å². The molecule has 1 aromatic heterocycles. The molecule has 26 heavy (non-hydrogen) atoms. The van der Waals surface area contributed by atoms with Crippen LogP contribution in [0.4, 0.5) is 0 Å². The number of nitrogens with zero attached hydrogens (tertiary/aromatic N) is 4. The number of Topliss-reactive ketones (excluding diaryl/α,β-unsaturated/α-hetero) is 1. The summed E-state index contributed by atoms with van der Waals surface area (Å²) in [5.74, 6) is -0.0455. The van der Waals surface area contributed by atoms with Crippen molar-refractivity contribution in [2.45, 2.75) is 45.1 Å². The van der Waals surface area contributed by atoms with Crippen molar-refractivity contribution in [1.29, 1.82) is 0 Å². The molecule has 0 amide bonds. The minimum Gasteiger partial charge on any atom is -0.374 e. The Morgan fingerprint density at radius 3 is 2.54 bits per heavy atom. The average Bonchev–Trinajstić information content (AvgIpc) is 3.33. The lowest BCUT2D eigenvalue weighted by Gasteiger charge is -2.28. The van der Waals surface area contributed by atoms with E-state index >= 15 is 0 Å². The van der Waals surface area contributed by atoms with Crippen LogP contribution in [0.15, 0.2) is 41.6 Å². The smallest absolute Gasteiger partial charge is 0.214 e. The highest BCUT2D eigenvalue weighted by Crippen LogP contribution is 2.32. The standard InChI is InChI=1S/C20H23ClN4O/c21-20-18(22-23-25(20)14-15-8-2-1-3-9-15)19(26)16-10-4-5-11-17(16)24-12-6-7-13-24/h1-3,8-9H,4-7,10-14H2. The van der Waals surface area contributed by atoms with E-state index in [9.17, 15) is 4.79 Å². The highest BCUT2D eigenvalue weighted by Gasteiger charge is 2.29. The molecule has 1 aliphatic heterocycles. The normalized spacial score (nSPS) is 17.8. The summed E-state index contributed by atoms with van der Waals surface area (Å²) >= 11 is 6.48. The first-order chi connectivity index (χ1) is 12.7. The zero-order chi connectivity index (χ0) is 17.9. The molecular weight excluding hydrogens is 348 g/mol. The van der Waals surface area contributed by atoms with Gasteiger partial charge in [0.25, 0.3) is 0 Å². The number of rotatable bonds is 5. The van der Waals surface area contributed by atoms with Crippen molar-refractivity contribution in [3.63, 3.8) is 0 Å². The molecule has 1 aromatic carbocycles. The predicted octanol–water partition coefficient (Wildman–Crippen LogP) is 4.09. The topological polar surface area (TPSA) is 51.0 Å². The minimum atomic E-state index is -0.0455. The molecule has 2 heterocycles. The van der Waals surface area contributed by atoms with E-state index in [1.54, 1.807) is 4.68 Å². The van der Waals surface area contributed by atoms with E-state index in [2.05, 4.69) is 15.2 Å². The van der Waals surface area contributed by atoms with Gasteiger partial charge in [-0.15, -0.1) is 5.10 Å². The Hall–Kier alpha value is -2.14. The monoisotopic (exact) mass is 370 g/mol. The highest BCUT2D eigenvalue weighted by atomic mass is 35.5. The van der Waals surface area contributed by atoms with E-state index in [1.807, 2.05) is 30.3 Å². The van der Waals surface area contributed by atoms with Gasteiger partial charge in [-0.2, -0.15) is 0 Å². The summed E-state index contributed by atoms with van der Waals surface area (Å²) < 4.78 is 1.60. The van der Waals surface area contributed by atoms with Crippen molar-refractivity contribution in [3.8, 4) is 0 Å². The zero-order valence-corrected chi connectivity index (χ0v) is 15.6. The van der Waals surface area contributed by atoms with Gasteiger partial charge in [-0.1, -0.05) is 47.1 Å². The molecule has 0 radical (unpaired) electrons. The first-order valence-corrected chi connectivity index (χ1v) is 9.76. The largest absolute Gasteiger partial charge is 0.374 e. The second kappa shape index (κ2) is 7.62. The number of hydrogen-bond acceptors (Lipinski definition) is 4. The maximum Gasteiger partial charge on any atom is 0.214 e. The lowest BCUT2D eigenvalue weighted by Crippen LogP contribution is -2.25. The second-order valence-electron chi connectivity index (χ2n) is 7.03. The van der Waals surface area contributed by atoms with E-state index < -0.39 is 0 Å². The van der Waals surface area contributed by atoms with Gasteiger partial charge in [-0.3, -0.25) is 4.79 Å². The number of halogens is 1. The number of aromatic nitrogens is 3. The Morgan fingerprint density at radius 1 is 1.04 bits per heavy atom. The SMILES string of the molecule is O=C(C1=C(N2CCCC2)CCCC1)c1nnn(Cc2ccccc2)c1Cl. The summed E-state index contributed by atoms with van der Waals surface area (Å²) in [7, 11) is 0. The highest BCUT2D eigenvalue weighted by molar-refractivity contribution is 6.33. The van der Waals surface area contributed by atoms with Crippen LogP contribution < -0.4 is 0 Å². The molecule has 1 fully saturated rings. The molecule has 0 atom stereocenters. The number of carbonyl (C=O) groups excluding carboxylic acids is 1. The van der Waals surface area contributed by atoms with Crippen molar-refractivity contribution < 1.29 is 4.79 Å². The van der Waals surface area contributed by atoms with E-state index in [4.69, 9.17) is 11.6 Å². The number of carbonyl (C=O) groups is 1. The maximum atomic E-state index is 13.2. The first-order valence-electron chi connectivity index (χ1n) is 9.38. The van der Waals surface area contributed by atoms with E-state index in [1.165, 1.54) is 18.5 Å². The molecule has 1 aliphatic carbocycles. The third-order valence-electron chi connectivity index (χ3n) is 5.27. The van der Waals surface area contributed by atoms with Crippen LogP contribution in [-0.4, -0.2) is 38.8 Å². The van der Waals surface area contributed by atoms with Crippen molar-refractivity contribution >= 4 is 17.4 Å². The number of ketones is 1. The molecule has 2 aliphatic rings. The molecule has 1 saturated heterocycles. The number of allylic oxidation sites excluding steroid dienone is 2. The van der Waals surface area contributed by atoms with Gasteiger partial charge in [0.15, 0.2) is 10.8 Å². The van der Waals surface area contributed by atoms with Crippen LogP contribution in [-0.2, 0) is 6.54 Å². The zero-order valence-electron chi connectivity index (χ0n) is 14.8. The van der Waals surface area contributed by atoms with E-state index in [0.29, 0.717) is 11.7 Å². The molecular formula is C20H23ClN4O. The second-order valence-corrected chi connectivity index (χ2v) is 7.39. The Kier molecular flexibility index (Phi) is 5.07. The van der Waals surface area contributed by atoms with Gasteiger partial charge in [0, 0.05) is 24.4 Å². The van der Waals surface area contributed by atoms with Gasteiger partial charge in [0.05, 0.1) is 6.54 Å². The molecule has 6 heteroatoms. The Labute approximate surface area is 158 Å². The fourth-order valence-electron chi connectivity index (χ4n) is 3.91. The Balaban J connectivity index is 1.61. The van der Waals surface area contributed by atoms with E-state index in [0.717, 1.165) is 49.9 Å². The molecule has 2 aromatic rings. The molecule has 4 rings (SSSR count). The van der Waals surface area contributed by atoms with Crippen LogP contribution in [0.1, 0.15) is 54.6 Å². The van der Waals surface area contributed by atoms with Gasteiger partial charge >= 0.3 is 0 Å². The first kappa shape index (κ1) is 17.3. The molecule has 5 nitrogen and oxygen atoms in total. The van der Waals surface area contributed by atoms with E-state index in [-0.39, 0.29) is 11.5 Å². The Bertz CT molecular complexity index is 822. The molecule has 0 spiro atoms. The van der Waals surface area contributed by atoms with Crippen molar-refractivity contribution in [1.82, 2.24) is 19.9 Å². The third-order valence-corrected chi connectivity index (χ3v) is 5.64. The predicted molar refractivity (Wildman–Crippen MR) is 101 cm³/mol. The van der Waals surface area contributed by atoms with Crippen LogP contribution in [0, 0.1) is 0 Å². The Morgan fingerprint density at radius 2 is 1.77 bits per heavy atom.